The third kappa shape index (κ3) is 6.66. The number of nitrogens with one attached hydrogen (secondary N) is 2. The molecule has 1 heterocycles. The summed E-state index contributed by atoms with van der Waals surface area (Å²) in [6, 6.07) is 13.9. The number of benzene rings is 2. The van der Waals surface area contributed by atoms with Gasteiger partial charge < -0.3 is 19.9 Å². The molecule has 3 aromatic rings. The lowest BCUT2D eigenvalue weighted by atomic mass is 10.1. The predicted octanol–water partition coefficient (Wildman–Crippen LogP) is 2.96. The number of amides is 2. The molecule has 0 aliphatic rings. The second-order valence-electron chi connectivity index (χ2n) is 7.14. The zero-order chi connectivity index (χ0) is 23.8. The Morgan fingerprint density at radius 3 is 2.55 bits per heavy atom. The number of thioether (sulfide) groups is 1. The van der Waals surface area contributed by atoms with E-state index in [2.05, 4.69) is 20.8 Å². The molecule has 0 radical (unpaired) electrons. The van der Waals surface area contributed by atoms with Gasteiger partial charge in [-0.15, -0.1) is 10.2 Å². The average Bonchev–Trinajstić information content (AvgIpc) is 3.16. The van der Waals surface area contributed by atoms with Crippen molar-refractivity contribution in [3.8, 4) is 0 Å². The number of esters is 1. The van der Waals surface area contributed by atoms with E-state index in [-0.39, 0.29) is 30.7 Å². The third-order valence-corrected chi connectivity index (χ3v) is 5.66. The van der Waals surface area contributed by atoms with E-state index in [9.17, 15) is 14.4 Å². The molecule has 33 heavy (non-hydrogen) atoms. The summed E-state index contributed by atoms with van der Waals surface area (Å²) in [5, 5.41) is 14.3. The van der Waals surface area contributed by atoms with Crippen molar-refractivity contribution in [2.45, 2.75) is 25.5 Å². The highest BCUT2D eigenvalue weighted by atomic mass is 32.2. The molecule has 1 aromatic heterocycles. The highest BCUT2D eigenvalue weighted by Crippen LogP contribution is 2.17. The van der Waals surface area contributed by atoms with Gasteiger partial charge in [-0.05, 0) is 44.2 Å². The molecule has 2 amide bonds. The standard InChI is InChI=1S/C23H25N5O4S/c1-4-32-22(31)17-6-5-7-18(12-17)25-20(29)14-33-23-27-26-19(28(23)3)13-24-21(30)16-10-8-15(2)9-11-16/h5-12H,4,13-14H2,1-3H3,(H,24,30)(H,25,29). The Bertz CT molecular complexity index is 1140. The van der Waals surface area contributed by atoms with E-state index >= 15 is 0 Å². The molecule has 0 bridgehead atoms. The van der Waals surface area contributed by atoms with Crippen molar-refractivity contribution in [3.63, 3.8) is 0 Å². The molecule has 9 nitrogen and oxygen atoms in total. The molecule has 0 fully saturated rings. The van der Waals surface area contributed by atoms with E-state index in [0.717, 1.165) is 5.56 Å². The fourth-order valence-corrected chi connectivity index (χ4v) is 3.59. The maximum absolute atomic E-state index is 12.3. The van der Waals surface area contributed by atoms with Crippen LogP contribution in [0, 0.1) is 6.92 Å². The molecule has 2 N–H and O–H groups in total. The van der Waals surface area contributed by atoms with Gasteiger partial charge in [0.1, 0.15) is 0 Å². The first kappa shape index (κ1) is 24.0. The molecule has 0 aliphatic heterocycles. The van der Waals surface area contributed by atoms with E-state index in [1.54, 1.807) is 54.9 Å². The quantitative estimate of drug-likeness (QED) is 0.367. The lowest BCUT2D eigenvalue weighted by Crippen LogP contribution is -2.24. The predicted molar refractivity (Wildman–Crippen MR) is 125 cm³/mol. The average molecular weight is 468 g/mol. The zero-order valence-electron chi connectivity index (χ0n) is 18.6. The lowest BCUT2D eigenvalue weighted by Gasteiger charge is -2.08. The summed E-state index contributed by atoms with van der Waals surface area (Å²) in [6.07, 6.45) is 0. The molecule has 0 saturated heterocycles. The number of carbonyl (C=O) groups is 3. The van der Waals surface area contributed by atoms with E-state index in [1.807, 2.05) is 19.1 Å². The Labute approximate surface area is 195 Å². The van der Waals surface area contributed by atoms with E-state index in [4.69, 9.17) is 4.74 Å². The molecular weight excluding hydrogens is 442 g/mol. The molecule has 0 aliphatic carbocycles. The molecular formula is C23H25N5O4S. The number of aryl methyl sites for hydroxylation is 1. The number of aromatic nitrogens is 3. The van der Waals surface area contributed by atoms with Gasteiger partial charge in [0.15, 0.2) is 11.0 Å². The summed E-state index contributed by atoms with van der Waals surface area (Å²) < 4.78 is 6.70. The highest BCUT2D eigenvalue weighted by molar-refractivity contribution is 7.99. The van der Waals surface area contributed by atoms with Crippen LogP contribution < -0.4 is 10.6 Å². The summed E-state index contributed by atoms with van der Waals surface area (Å²) in [5.41, 5.74) is 2.52. The Balaban J connectivity index is 1.51. The number of hydrogen-bond acceptors (Lipinski definition) is 7. The van der Waals surface area contributed by atoms with Gasteiger partial charge in [-0.2, -0.15) is 0 Å². The zero-order valence-corrected chi connectivity index (χ0v) is 19.4. The number of rotatable bonds is 9. The first-order valence-corrected chi connectivity index (χ1v) is 11.3. The van der Waals surface area contributed by atoms with Gasteiger partial charge in [-0.25, -0.2) is 4.79 Å². The largest absolute Gasteiger partial charge is 0.462 e. The summed E-state index contributed by atoms with van der Waals surface area (Å²) >= 11 is 1.22. The minimum atomic E-state index is -0.441. The number of carbonyl (C=O) groups excluding carboxylic acids is 3. The maximum atomic E-state index is 12.3. The van der Waals surface area contributed by atoms with Gasteiger partial charge in [-0.3, -0.25) is 9.59 Å². The van der Waals surface area contributed by atoms with Crippen molar-refractivity contribution in [1.82, 2.24) is 20.1 Å². The minimum Gasteiger partial charge on any atom is -0.462 e. The SMILES string of the molecule is CCOC(=O)c1cccc(NC(=O)CSc2nnc(CNC(=O)c3ccc(C)cc3)n2C)c1. The molecule has 0 atom stereocenters. The number of hydrogen-bond donors (Lipinski definition) is 2. The number of nitrogens with zero attached hydrogens (tertiary/aromatic N) is 3. The summed E-state index contributed by atoms with van der Waals surface area (Å²) in [4.78, 5) is 36.5. The maximum Gasteiger partial charge on any atom is 0.338 e. The van der Waals surface area contributed by atoms with Gasteiger partial charge in [0.05, 0.1) is 24.5 Å². The highest BCUT2D eigenvalue weighted by Gasteiger charge is 2.14. The fourth-order valence-electron chi connectivity index (χ4n) is 2.86. The Morgan fingerprint density at radius 1 is 1.06 bits per heavy atom. The molecule has 10 heteroatoms. The monoisotopic (exact) mass is 467 g/mol. The van der Waals surface area contributed by atoms with Gasteiger partial charge >= 0.3 is 5.97 Å². The van der Waals surface area contributed by atoms with E-state index in [1.165, 1.54) is 11.8 Å². The van der Waals surface area contributed by atoms with Crippen molar-refractivity contribution in [3.05, 3.63) is 71.0 Å². The van der Waals surface area contributed by atoms with Crippen molar-refractivity contribution in [2.24, 2.45) is 7.05 Å². The van der Waals surface area contributed by atoms with Crippen LogP contribution in [0.2, 0.25) is 0 Å². The molecule has 0 spiro atoms. The second-order valence-corrected chi connectivity index (χ2v) is 8.09. The fraction of sp³-hybridized carbons (Fsp3) is 0.261. The van der Waals surface area contributed by atoms with Crippen LogP contribution in [0.1, 0.15) is 39.0 Å². The number of ether oxygens (including phenoxy) is 1. The van der Waals surface area contributed by atoms with Crippen LogP contribution in [0.4, 0.5) is 5.69 Å². The summed E-state index contributed by atoms with van der Waals surface area (Å²) in [6.45, 7) is 4.18. The summed E-state index contributed by atoms with van der Waals surface area (Å²) in [7, 11) is 1.77. The van der Waals surface area contributed by atoms with Crippen LogP contribution >= 0.6 is 11.8 Å². The van der Waals surface area contributed by atoms with E-state index < -0.39 is 5.97 Å². The van der Waals surface area contributed by atoms with Gasteiger partial charge in [-0.1, -0.05) is 35.5 Å². The van der Waals surface area contributed by atoms with Gasteiger partial charge in [0.2, 0.25) is 5.91 Å². The lowest BCUT2D eigenvalue weighted by molar-refractivity contribution is -0.113. The number of anilines is 1. The Kier molecular flexibility index (Phi) is 8.20. The third-order valence-electron chi connectivity index (χ3n) is 4.64. The summed E-state index contributed by atoms with van der Waals surface area (Å²) in [5.74, 6) is -0.217. The van der Waals surface area contributed by atoms with Crippen LogP contribution in [-0.2, 0) is 23.1 Å². The van der Waals surface area contributed by atoms with Gasteiger partial charge in [0, 0.05) is 18.3 Å². The van der Waals surface area contributed by atoms with Gasteiger partial charge in [0.25, 0.3) is 5.91 Å². The molecule has 172 valence electrons. The van der Waals surface area contributed by atoms with Crippen LogP contribution in [-0.4, -0.2) is 44.9 Å². The smallest absolute Gasteiger partial charge is 0.338 e. The van der Waals surface area contributed by atoms with Crippen molar-refractivity contribution >= 4 is 35.2 Å². The van der Waals surface area contributed by atoms with Crippen LogP contribution in [0.25, 0.3) is 0 Å². The second kappa shape index (κ2) is 11.3. The minimum absolute atomic E-state index is 0.103. The van der Waals surface area contributed by atoms with Crippen molar-refractivity contribution in [2.75, 3.05) is 17.7 Å². The van der Waals surface area contributed by atoms with Crippen LogP contribution in [0.15, 0.2) is 53.7 Å². The molecule has 2 aromatic carbocycles. The Hall–Kier alpha value is -3.66. The van der Waals surface area contributed by atoms with E-state index in [0.29, 0.717) is 27.8 Å². The normalized spacial score (nSPS) is 10.5. The van der Waals surface area contributed by atoms with Crippen LogP contribution in [0.3, 0.4) is 0 Å². The van der Waals surface area contributed by atoms with Crippen LogP contribution in [0.5, 0.6) is 0 Å². The first-order chi connectivity index (χ1) is 15.9. The van der Waals surface area contributed by atoms with Crippen molar-refractivity contribution in [1.29, 1.82) is 0 Å². The van der Waals surface area contributed by atoms with Crippen molar-refractivity contribution < 1.29 is 19.1 Å². The topological polar surface area (TPSA) is 115 Å². The Morgan fingerprint density at radius 2 is 1.82 bits per heavy atom. The first-order valence-electron chi connectivity index (χ1n) is 10.3. The molecule has 0 unspecified atom stereocenters. The molecule has 3 rings (SSSR count). The molecule has 0 saturated carbocycles.